The van der Waals surface area contributed by atoms with E-state index in [9.17, 15) is 23.1 Å². The van der Waals surface area contributed by atoms with Crippen LogP contribution in [0.25, 0.3) is 0 Å². The monoisotopic (exact) mass is 322 g/mol. The van der Waals surface area contributed by atoms with Crippen LogP contribution in [0.4, 0.5) is 23.7 Å². The number of anilines is 1. The topological polar surface area (TPSA) is 52.6 Å². The summed E-state index contributed by atoms with van der Waals surface area (Å²) in [5.74, 6) is 0. The molecule has 1 aliphatic heterocycles. The van der Waals surface area contributed by atoms with Crippen LogP contribution in [-0.2, 0) is 6.18 Å². The van der Waals surface area contributed by atoms with E-state index in [4.69, 9.17) is 11.6 Å². The fraction of sp³-hybridized carbons (Fsp3) is 0.462. The molecule has 0 spiro atoms. The van der Waals surface area contributed by atoms with Gasteiger partial charge in [-0.1, -0.05) is 11.6 Å². The first kappa shape index (κ1) is 15.9. The molecule has 4 nitrogen and oxygen atoms in total. The summed E-state index contributed by atoms with van der Waals surface area (Å²) in [6, 6.07) is 2.49. The van der Waals surface area contributed by atoms with E-state index in [2.05, 4.69) is 5.32 Å². The van der Waals surface area contributed by atoms with Gasteiger partial charge in [0.05, 0.1) is 17.4 Å². The molecule has 116 valence electrons. The SMILES string of the molecule is O=C(Nc1ccc(Cl)cc1C(F)(F)F)N1CCC[C@@H](O)C1. The molecule has 1 heterocycles. The molecule has 0 unspecified atom stereocenters. The average Bonchev–Trinajstić information content (AvgIpc) is 2.39. The number of amides is 2. The number of aliphatic hydroxyl groups excluding tert-OH is 1. The second-order valence-electron chi connectivity index (χ2n) is 4.86. The predicted octanol–water partition coefficient (Wildman–Crippen LogP) is 3.35. The highest BCUT2D eigenvalue weighted by molar-refractivity contribution is 6.30. The number of urea groups is 1. The van der Waals surface area contributed by atoms with Gasteiger partial charge in [0.2, 0.25) is 0 Å². The molecule has 2 rings (SSSR count). The van der Waals surface area contributed by atoms with Crippen molar-refractivity contribution in [3.63, 3.8) is 0 Å². The van der Waals surface area contributed by atoms with Gasteiger partial charge in [-0.2, -0.15) is 13.2 Å². The number of carbonyl (C=O) groups excluding carboxylic acids is 1. The van der Waals surface area contributed by atoms with Gasteiger partial charge in [0.15, 0.2) is 0 Å². The highest BCUT2D eigenvalue weighted by Gasteiger charge is 2.34. The zero-order valence-electron chi connectivity index (χ0n) is 11.0. The van der Waals surface area contributed by atoms with Gasteiger partial charge in [-0.15, -0.1) is 0 Å². The Labute approximate surface area is 124 Å². The van der Waals surface area contributed by atoms with E-state index in [-0.39, 0.29) is 17.3 Å². The lowest BCUT2D eigenvalue weighted by atomic mass is 10.1. The number of halogens is 4. The molecule has 21 heavy (non-hydrogen) atoms. The van der Waals surface area contributed by atoms with Crippen LogP contribution in [-0.4, -0.2) is 35.2 Å². The molecule has 0 aromatic heterocycles. The number of alkyl halides is 3. The minimum absolute atomic E-state index is 0.0614. The van der Waals surface area contributed by atoms with E-state index in [1.54, 1.807) is 0 Å². The van der Waals surface area contributed by atoms with Gasteiger partial charge in [0, 0.05) is 18.1 Å². The zero-order valence-corrected chi connectivity index (χ0v) is 11.7. The second-order valence-corrected chi connectivity index (χ2v) is 5.30. The van der Waals surface area contributed by atoms with Crippen LogP contribution in [0, 0.1) is 0 Å². The lowest BCUT2D eigenvalue weighted by molar-refractivity contribution is -0.136. The summed E-state index contributed by atoms with van der Waals surface area (Å²) in [6.07, 6.45) is -4.06. The molecule has 1 atom stereocenters. The Morgan fingerprint density at radius 1 is 1.43 bits per heavy atom. The number of carbonyl (C=O) groups is 1. The first-order chi connectivity index (χ1) is 9.77. The quantitative estimate of drug-likeness (QED) is 0.833. The molecule has 0 saturated carbocycles. The minimum Gasteiger partial charge on any atom is -0.391 e. The summed E-state index contributed by atoms with van der Waals surface area (Å²) < 4.78 is 38.8. The Morgan fingerprint density at radius 3 is 2.76 bits per heavy atom. The Hall–Kier alpha value is -1.47. The Balaban J connectivity index is 2.17. The molecule has 1 aromatic carbocycles. The summed E-state index contributed by atoms with van der Waals surface area (Å²) in [5.41, 5.74) is -1.35. The van der Waals surface area contributed by atoms with Crippen LogP contribution in [0.15, 0.2) is 18.2 Å². The number of hydrogen-bond donors (Lipinski definition) is 2. The average molecular weight is 323 g/mol. The van der Waals surface area contributed by atoms with Crippen LogP contribution in [0.5, 0.6) is 0 Å². The Kier molecular flexibility index (Phi) is 4.63. The smallest absolute Gasteiger partial charge is 0.391 e. The summed E-state index contributed by atoms with van der Waals surface area (Å²) in [4.78, 5) is 13.3. The molecule has 1 fully saturated rings. The van der Waals surface area contributed by atoms with Gasteiger partial charge in [-0.25, -0.2) is 4.79 Å². The van der Waals surface area contributed by atoms with Crippen molar-refractivity contribution in [3.8, 4) is 0 Å². The minimum atomic E-state index is -4.62. The molecule has 0 radical (unpaired) electrons. The molecule has 1 aliphatic rings. The second kappa shape index (κ2) is 6.11. The van der Waals surface area contributed by atoms with Crippen molar-refractivity contribution in [2.75, 3.05) is 18.4 Å². The lowest BCUT2D eigenvalue weighted by Gasteiger charge is -2.30. The highest BCUT2D eigenvalue weighted by atomic mass is 35.5. The van der Waals surface area contributed by atoms with E-state index < -0.39 is 23.9 Å². The maximum Gasteiger partial charge on any atom is 0.418 e. The van der Waals surface area contributed by atoms with E-state index >= 15 is 0 Å². The third-order valence-corrected chi connectivity index (χ3v) is 3.45. The standard InChI is InChI=1S/C13H14ClF3N2O2/c14-8-3-4-11(10(6-8)13(15,16)17)18-12(21)19-5-1-2-9(20)7-19/h3-4,6,9,20H,1-2,5,7H2,(H,18,21)/t9-/m1/s1. The number of likely N-dealkylation sites (tertiary alicyclic amines) is 1. The number of nitrogens with one attached hydrogen (secondary N) is 1. The summed E-state index contributed by atoms with van der Waals surface area (Å²) in [7, 11) is 0. The number of piperidine rings is 1. The molecular weight excluding hydrogens is 309 g/mol. The van der Waals surface area contributed by atoms with E-state index in [0.717, 1.165) is 12.1 Å². The van der Waals surface area contributed by atoms with Gasteiger partial charge < -0.3 is 15.3 Å². The predicted molar refractivity (Wildman–Crippen MR) is 72.3 cm³/mol. The van der Waals surface area contributed by atoms with Gasteiger partial charge in [-0.05, 0) is 31.0 Å². The van der Waals surface area contributed by atoms with Crippen LogP contribution in [0.1, 0.15) is 18.4 Å². The first-order valence-electron chi connectivity index (χ1n) is 6.38. The van der Waals surface area contributed by atoms with Crippen molar-refractivity contribution in [2.24, 2.45) is 0 Å². The fourth-order valence-electron chi connectivity index (χ4n) is 2.19. The normalized spacial score (nSPS) is 19.5. The Bertz CT molecular complexity index is 537. The Morgan fingerprint density at radius 2 is 2.14 bits per heavy atom. The molecule has 2 amide bonds. The largest absolute Gasteiger partial charge is 0.418 e. The van der Waals surface area contributed by atoms with Crippen LogP contribution >= 0.6 is 11.6 Å². The maximum atomic E-state index is 12.9. The van der Waals surface area contributed by atoms with Crippen LogP contribution < -0.4 is 5.32 Å². The number of nitrogens with zero attached hydrogens (tertiary/aromatic N) is 1. The molecule has 0 aliphatic carbocycles. The molecular formula is C13H14ClF3N2O2. The van der Waals surface area contributed by atoms with Crippen molar-refractivity contribution in [3.05, 3.63) is 28.8 Å². The summed E-state index contributed by atoms with van der Waals surface area (Å²) >= 11 is 5.57. The molecule has 2 N–H and O–H groups in total. The van der Waals surface area contributed by atoms with Crippen molar-refractivity contribution in [1.29, 1.82) is 0 Å². The van der Waals surface area contributed by atoms with E-state index in [1.165, 1.54) is 11.0 Å². The number of benzene rings is 1. The summed E-state index contributed by atoms with van der Waals surface area (Å²) in [5, 5.41) is 11.7. The molecule has 1 aromatic rings. The number of hydrogen-bond acceptors (Lipinski definition) is 2. The van der Waals surface area contributed by atoms with E-state index in [0.29, 0.717) is 19.4 Å². The van der Waals surface area contributed by atoms with Gasteiger partial charge in [-0.3, -0.25) is 0 Å². The van der Waals surface area contributed by atoms with Gasteiger partial charge in [0.1, 0.15) is 0 Å². The number of β-amino-alcohol motifs (C(OH)–C–C–N with tert-alkyl or cyclic N) is 1. The lowest BCUT2D eigenvalue weighted by Crippen LogP contribution is -2.44. The van der Waals surface area contributed by atoms with Gasteiger partial charge >= 0.3 is 12.2 Å². The van der Waals surface area contributed by atoms with Crippen LogP contribution in [0.2, 0.25) is 5.02 Å². The fourth-order valence-corrected chi connectivity index (χ4v) is 2.37. The number of rotatable bonds is 1. The first-order valence-corrected chi connectivity index (χ1v) is 6.76. The molecule has 8 heteroatoms. The zero-order chi connectivity index (χ0) is 15.6. The number of aliphatic hydroxyl groups is 1. The molecule has 0 bridgehead atoms. The third kappa shape index (κ3) is 4.01. The maximum absolute atomic E-state index is 12.9. The van der Waals surface area contributed by atoms with Crippen LogP contribution in [0.3, 0.4) is 0 Å². The molecule has 1 saturated heterocycles. The van der Waals surface area contributed by atoms with E-state index in [1.807, 2.05) is 0 Å². The summed E-state index contributed by atoms with van der Waals surface area (Å²) in [6.45, 7) is 0.513. The third-order valence-electron chi connectivity index (χ3n) is 3.21. The van der Waals surface area contributed by atoms with Gasteiger partial charge in [0.25, 0.3) is 0 Å². The van der Waals surface area contributed by atoms with Crippen molar-refractivity contribution >= 4 is 23.3 Å². The van der Waals surface area contributed by atoms with Crippen molar-refractivity contribution < 1.29 is 23.1 Å². The highest BCUT2D eigenvalue weighted by Crippen LogP contribution is 2.36. The van der Waals surface area contributed by atoms with Crippen molar-refractivity contribution in [1.82, 2.24) is 4.90 Å². The van der Waals surface area contributed by atoms with Crippen molar-refractivity contribution in [2.45, 2.75) is 25.1 Å².